The molecule has 1 aliphatic heterocycles. The molecule has 2 N–H and O–H groups in total. The predicted molar refractivity (Wildman–Crippen MR) is 69.5 cm³/mol. The van der Waals surface area contributed by atoms with Crippen LogP contribution < -0.4 is 5.73 Å². The molecule has 0 radical (unpaired) electrons. The molecule has 1 aromatic carbocycles. The Balaban J connectivity index is 1.96. The predicted octanol–water partition coefficient (Wildman–Crippen LogP) is 1.47. The highest BCUT2D eigenvalue weighted by atomic mass is 32.1. The van der Waals surface area contributed by atoms with Crippen molar-refractivity contribution in [3.05, 3.63) is 29.8 Å². The van der Waals surface area contributed by atoms with Crippen LogP contribution in [0.1, 0.15) is 5.56 Å². The zero-order chi connectivity index (χ0) is 11.4. The Kier molecular flexibility index (Phi) is 3.74. The zero-order valence-corrected chi connectivity index (χ0v) is 10.0. The first-order valence-electron chi connectivity index (χ1n) is 5.45. The molecule has 1 aromatic rings. The van der Waals surface area contributed by atoms with E-state index in [1.165, 1.54) is 5.56 Å². The largest absolute Gasteiger partial charge is 0.399 e. The third-order valence-corrected chi connectivity index (χ3v) is 3.07. The number of benzene rings is 1. The summed E-state index contributed by atoms with van der Waals surface area (Å²) in [5, 5.41) is 0. The second-order valence-electron chi connectivity index (χ2n) is 3.91. The molecule has 16 heavy (non-hydrogen) atoms. The number of nitrogen functional groups attached to an aromatic ring is 1. The fourth-order valence-electron chi connectivity index (χ4n) is 1.80. The van der Waals surface area contributed by atoms with E-state index in [0.717, 1.165) is 43.4 Å². The minimum Gasteiger partial charge on any atom is -0.399 e. The summed E-state index contributed by atoms with van der Waals surface area (Å²) in [6, 6.07) is 7.89. The summed E-state index contributed by atoms with van der Waals surface area (Å²) in [6.07, 6.45) is 0.792. The molecule has 0 saturated carbocycles. The van der Waals surface area contributed by atoms with Crippen LogP contribution in [0.3, 0.4) is 0 Å². The van der Waals surface area contributed by atoms with Gasteiger partial charge in [0, 0.05) is 25.2 Å². The Hall–Kier alpha value is -1.13. The summed E-state index contributed by atoms with van der Waals surface area (Å²) >= 11 is 5.43. The number of thiocarbonyl (C=S) groups is 1. The Bertz CT molecular complexity index is 375. The maximum absolute atomic E-state index is 5.74. The molecule has 3 nitrogen and oxygen atoms in total. The maximum Gasteiger partial charge on any atom is 0.0825 e. The average molecular weight is 236 g/mol. The average Bonchev–Trinajstić information content (AvgIpc) is 2.30. The molecular weight excluding hydrogens is 220 g/mol. The van der Waals surface area contributed by atoms with Gasteiger partial charge in [-0.15, -0.1) is 0 Å². The summed E-state index contributed by atoms with van der Waals surface area (Å²) in [4.78, 5) is 3.19. The van der Waals surface area contributed by atoms with Crippen molar-refractivity contribution in [3.8, 4) is 0 Å². The minimum atomic E-state index is 0.775. The molecule has 0 aliphatic carbocycles. The standard InChI is InChI=1S/C12H16N2OS/c13-11-3-1-2-10(8-11)9-12(16)14-4-6-15-7-5-14/h1-3,8H,4-7,9,13H2. The van der Waals surface area contributed by atoms with Gasteiger partial charge in [-0.05, 0) is 17.7 Å². The van der Waals surface area contributed by atoms with Crippen LogP contribution in [0.2, 0.25) is 0 Å². The lowest BCUT2D eigenvalue weighted by atomic mass is 10.1. The van der Waals surface area contributed by atoms with Crippen molar-refractivity contribution in [3.63, 3.8) is 0 Å². The highest BCUT2D eigenvalue weighted by molar-refractivity contribution is 7.80. The van der Waals surface area contributed by atoms with Gasteiger partial charge in [0.05, 0.1) is 18.2 Å². The summed E-state index contributed by atoms with van der Waals surface area (Å²) < 4.78 is 5.30. The first kappa shape index (κ1) is 11.4. The lowest BCUT2D eigenvalue weighted by molar-refractivity contribution is 0.0685. The van der Waals surface area contributed by atoms with Crippen LogP contribution in [-0.2, 0) is 11.2 Å². The molecular formula is C12H16N2OS. The number of nitrogens with zero attached hydrogens (tertiary/aromatic N) is 1. The van der Waals surface area contributed by atoms with E-state index in [0.29, 0.717) is 0 Å². The normalized spacial score (nSPS) is 16.1. The fourth-order valence-corrected chi connectivity index (χ4v) is 2.15. The van der Waals surface area contributed by atoms with Gasteiger partial charge in [0.2, 0.25) is 0 Å². The molecule has 2 rings (SSSR count). The van der Waals surface area contributed by atoms with E-state index in [4.69, 9.17) is 22.7 Å². The highest BCUT2D eigenvalue weighted by Gasteiger charge is 2.13. The minimum absolute atomic E-state index is 0.775. The van der Waals surface area contributed by atoms with Crippen LogP contribution in [0, 0.1) is 0 Å². The number of hydrogen-bond donors (Lipinski definition) is 1. The van der Waals surface area contributed by atoms with Crippen molar-refractivity contribution in [2.24, 2.45) is 0 Å². The molecule has 0 amide bonds. The van der Waals surface area contributed by atoms with Gasteiger partial charge >= 0.3 is 0 Å². The zero-order valence-electron chi connectivity index (χ0n) is 9.19. The maximum atomic E-state index is 5.74. The van der Waals surface area contributed by atoms with Gasteiger partial charge in [0.15, 0.2) is 0 Å². The highest BCUT2D eigenvalue weighted by Crippen LogP contribution is 2.10. The Morgan fingerprint density at radius 1 is 1.38 bits per heavy atom. The van der Waals surface area contributed by atoms with Crippen LogP contribution in [0.4, 0.5) is 5.69 Å². The van der Waals surface area contributed by atoms with Crippen molar-refractivity contribution < 1.29 is 4.74 Å². The first-order chi connectivity index (χ1) is 7.75. The smallest absolute Gasteiger partial charge is 0.0825 e. The molecule has 0 spiro atoms. The SMILES string of the molecule is Nc1cccc(CC(=S)N2CCOCC2)c1. The van der Waals surface area contributed by atoms with Crippen molar-refractivity contribution in [2.45, 2.75) is 6.42 Å². The van der Waals surface area contributed by atoms with Crippen LogP contribution in [0.25, 0.3) is 0 Å². The summed E-state index contributed by atoms with van der Waals surface area (Å²) in [5.41, 5.74) is 7.71. The van der Waals surface area contributed by atoms with E-state index in [9.17, 15) is 0 Å². The van der Waals surface area contributed by atoms with Crippen molar-refractivity contribution >= 4 is 22.9 Å². The molecule has 86 valence electrons. The quantitative estimate of drug-likeness (QED) is 0.623. The van der Waals surface area contributed by atoms with E-state index in [2.05, 4.69) is 11.0 Å². The number of hydrogen-bond acceptors (Lipinski definition) is 3. The Morgan fingerprint density at radius 3 is 2.81 bits per heavy atom. The van der Waals surface area contributed by atoms with Crippen molar-refractivity contribution in [1.29, 1.82) is 0 Å². The van der Waals surface area contributed by atoms with Crippen LogP contribution in [0.15, 0.2) is 24.3 Å². The second-order valence-corrected chi connectivity index (χ2v) is 4.39. The molecule has 1 saturated heterocycles. The second kappa shape index (κ2) is 5.27. The topological polar surface area (TPSA) is 38.5 Å². The van der Waals surface area contributed by atoms with Gasteiger partial charge in [-0.1, -0.05) is 24.4 Å². The molecule has 0 aromatic heterocycles. The molecule has 1 heterocycles. The van der Waals surface area contributed by atoms with Crippen LogP contribution in [0.5, 0.6) is 0 Å². The van der Waals surface area contributed by atoms with Gasteiger partial charge in [-0.2, -0.15) is 0 Å². The van der Waals surface area contributed by atoms with E-state index < -0.39 is 0 Å². The van der Waals surface area contributed by atoms with Gasteiger partial charge < -0.3 is 15.4 Å². The van der Waals surface area contributed by atoms with Crippen molar-refractivity contribution in [2.75, 3.05) is 32.0 Å². The number of ether oxygens (including phenoxy) is 1. The molecule has 1 aliphatic rings. The first-order valence-corrected chi connectivity index (χ1v) is 5.86. The molecule has 4 heteroatoms. The van der Waals surface area contributed by atoms with Gasteiger partial charge in [0.25, 0.3) is 0 Å². The van der Waals surface area contributed by atoms with Gasteiger partial charge in [-0.3, -0.25) is 0 Å². The van der Waals surface area contributed by atoms with E-state index in [1.807, 2.05) is 18.2 Å². The summed E-state index contributed by atoms with van der Waals surface area (Å²) in [7, 11) is 0. The van der Waals surface area contributed by atoms with Crippen LogP contribution >= 0.6 is 12.2 Å². The fraction of sp³-hybridized carbons (Fsp3) is 0.417. The molecule has 0 atom stereocenters. The third kappa shape index (κ3) is 2.93. The number of rotatable bonds is 2. The lowest BCUT2D eigenvalue weighted by Gasteiger charge is -2.29. The van der Waals surface area contributed by atoms with Gasteiger partial charge in [-0.25, -0.2) is 0 Å². The summed E-state index contributed by atoms with van der Waals surface area (Å²) in [6.45, 7) is 3.36. The van der Waals surface area contributed by atoms with Crippen LogP contribution in [-0.4, -0.2) is 36.2 Å². The van der Waals surface area contributed by atoms with Crippen molar-refractivity contribution in [1.82, 2.24) is 4.90 Å². The lowest BCUT2D eigenvalue weighted by Crippen LogP contribution is -2.40. The Labute approximate surface area is 101 Å². The Morgan fingerprint density at radius 2 is 2.12 bits per heavy atom. The number of nitrogens with two attached hydrogens (primary N) is 1. The van der Waals surface area contributed by atoms with E-state index >= 15 is 0 Å². The molecule has 0 unspecified atom stereocenters. The summed E-state index contributed by atoms with van der Waals surface area (Å²) in [5.74, 6) is 0. The molecule has 0 bridgehead atoms. The van der Waals surface area contributed by atoms with E-state index in [1.54, 1.807) is 0 Å². The number of anilines is 1. The molecule has 1 fully saturated rings. The van der Waals surface area contributed by atoms with E-state index in [-0.39, 0.29) is 0 Å². The number of morpholine rings is 1. The third-order valence-electron chi connectivity index (χ3n) is 2.67. The van der Waals surface area contributed by atoms with Gasteiger partial charge in [0.1, 0.15) is 0 Å². The monoisotopic (exact) mass is 236 g/mol.